The summed E-state index contributed by atoms with van der Waals surface area (Å²) in [7, 11) is 0. The Morgan fingerprint density at radius 2 is 1.83 bits per heavy atom. The Morgan fingerprint density at radius 1 is 1.22 bits per heavy atom. The lowest BCUT2D eigenvalue weighted by atomic mass is 9.86. The molecular formula is C14H31N3O. The molecule has 18 heavy (non-hydrogen) atoms. The Balaban J connectivity index is 3.70. The van der Waals surface area contributed by atoms with E-state index in [4.69, 9.17) is 10.9 Å². The van der Waals surface area contributed by atoms with Crippen molar-refractivity contribution in [3.63, 3.8) is 0 Å². The summed E-state index contributed by atoms with van der Waals surface area (Å²) in [5, 5.41) is 15.3. The molecule has 0 bridgehead atoms. The van der Waals surface area contributed by atoms with E-state index in [9.17, 15) is 0 Å². The van der Waals surface area contributed by atoms with Crippen LogP contribution in [-0.4, -0.2) is 24.1 Å². The minimum atomic E-state index is -0.211. The van der Waals surface area contributed by atoms with E-state index in [2.05, 4.69) is 31.2 Å². The van der Waals surface area contributed by atoms with Gasteiger partial charge in [0.1, 0.15) is 5.84 Å². The fraction of sp³-hybridized carbons (Fsp3) is 0.929. The number of unbranched alkanes of at least 4 members (excludes halogenated alkanes) is 1. The van der Waals surface area contributed by atoms with Crippen LogP contribution in [-0.2, 0) is 0 Å². The predicted molar refractivity (Wildman–Crippen MR) is 78.0 cm³/mol. The molecule has 0 aliphatic heterocycles. The van der Waals surface area contributed by atoms with Gasteiger partial charge in [-0.05, 0) is 31.2 Å². The number of hydrogen-bond donors (Lipinski definition) is 3. The van der Waals surface area contributed by atoms with Crippen LogP contribution in [0.2, 0.25) is 0 Å². The van der Waals surface area contributed by atoms with Crippen molar-refractivity contribution in [3.8, 4) is 0 Å². The number of hydrogen-bond acceptors (Lipinski definition) is 3. The van der Waals surface area contributed by atoms with E-state index in [1.54, 1.807) is 0 Å². The molecule has 0 aliphatic carbocycles. The molecule has 4 heteroatoms. The van der Waals surface area contributed by atoms with Crippen LogP contribution in [0.25, 0.3) is 0 Å². The van der Waals surface area contributed by atoms with Crippen molar-refractivity contribution in [2.45, 2.75) is 60.3 Å². The number of nitrogens with zero attached hydrogens (tertiary/aromatic N) is 1. The molecule has 0 amide bonds. The third-order valence-corrected chi connectivity index (χ3v) is 3.77. The minimum Gasteiger partial charge on any atom is -0.409 e. The van der Waals surface area contributed by atoms with Crippen LogP contribution in [0.4, 0.5) is 0 Å². The lowest BCUT2D eigenvalue weighted by Gasteiger charge is -2.24. The molecule has 0 unspecified atom stereocenters. The number of rotatable bonds is 9. The van der Waals surface area contributed by atoms with Crippen molar-refractivity contribution in [3.05, 3.63) is 0 Å². The summed E-state index contributed by atoms with van der Waals surface area (Å²) in [6.45, 7) is 12.9. The first-order chi connectivity index (χ1) is 8.25. The van der Waals surface area contributed by atoms with Crippen LogP contribution in [0.15, 0.2) is 5.16 Å². The van der Waals surface area contributed by atoms with Crippen molar-refractivity contribution in [2.75, 3.05) is 13.1 Å². The molecule has 0 aromatic rings. The smallest absolute Gasteiger partial charge is 0.144 e. The SMILES string of the molecule is CCC(C)(C)CNCCCCC(C)(C)C(N)=NO. The van der Waals surface area contributed by atoms with Crippen molar-refractivity contribution in [1.29, 1.82) is 0 Å². The molecule has 0 aromatic heterocycles. The lowest BCUT2D eigenvalue weighted by molar-refractivity contribution is 0.303. The second kappa shape index (κ2) is 7.62. The Kier molecular flexibility index (Phi) is 7.29. The van der Waals surface area contributed by atoms with E-state index >= 15 is 0 Å². The molecule has 0 radical (unpaired) electrons. The summed E-state index contributed by atoms with van der Waals surface area (Å²) in [6.07, 6.45) is 4.35. The summed E-state index contributed by atoms with van der Waals surface area (Å²) < 4.78 is 0. The molecule has 0 rings (SSSR count). The zero-order chi connectivity index (χ0) is 14.2. The Labute approximate surface area is 112 Å². The maximum absolute atomic E-state index is 8.68. The molecule has 0 fully saturated rings. The quantitative estimate of drug-likeness (QED) is 0.195. The number of oxime groups is 1. The predicted octanol–water partition coefficient (Wildman–Crippen LogP) is 2.96. The fourth-order valence-electron chi connectivity index (χ4n) is 1.63. The molecule has 0 aliphatic rings. The van der Waals surface area contributed by atoms with E-state index < -0.39 is 0 Å². The van der Waals surface area contributed by atoms with Gasteiger partial charge in [0.2, 0.25) is 0 Å². The fourth-order valence-corrected chi connectivity index (χ4v) is 1.63. The number of amidine groups is 1. The van der Waals surface area contributed by atoms with Gasteiger partial charge in [-0.3, -0.25) is 0 Å². The van der Waals surface area contributed by atoms with Gasteiger partial charge in [0.15, 0.2) is 0 Å². The van der Waals surface area contributed by atoms with Gasteiger partial charge in [0.25, 0.3) is 0 Å². The third kappa shape index (κ3) is 6.84. The summed E-state index contributed by atoms with van der Waals surface area (Å²) in [5.41, 5.74) is 5.82. The van der Waals surface area contributed by atoms with Crippen molar-refractivity contribution in [2.24, 2.45) is 21.7 Å². The Bertz CT molecular complexity index is 260. The molecule has 0 spiro atoms. The van der Waals surface area contributed by atoms with Crippen LogP contribution in [0.1, 0.15) is 60.3 Å². The van der Waals surface area contributed by atoms with E-state index in [0.29, 0.717) is 11.3 Å². The molecule has 4 nitrogen and oxygen atoms in total. The molecule has 0 saturated heterocycles. The third-order valence-electron chi connectivity index (χ3n) is 3.77. The van der Waals surface area contributed by atoms with Gasteiger partial charge >= 0.3 is 0 Å². The zero-order valence-corrected chi connectivity index (χ0v) is 12.7. The van der Waals surface area contributed by atoms with Crippen LogP contribution < -0.4 is 11.1 Å². The van der Waals surface area contributed by atoms with E-state index in [1.165, 1.54) is 6.42 Å². The van der Waals surface area contributed by atoms with Gasteiger partial charge in [0, 0.05) is 12.0 Å². The van der Waals surface area contributed by atoms with E-state index in [0.717, 1.165) is 32.4 Å². The molecule has 0 atom stereocenters. The Morgan fingerprint density at radius 3 is 2.33 bits per heavy atom. The van der Waals surface area contributed by atoms with Gasteiger partial charge < -0.3 is 16.3 Å². The Hall–Kier alpha value is -0.770. The van der Waals surface area contributed by atoms with Crippen LogP contribution >= 0.6 is 0 Å². The number of nitrogens with two attached hydrogens (primary N) is 1. The minimum absolute atomic E-state index is 0.211. The van der Waals surface area contributed by atoms with Gasteiger partial charge in [-0.15, -0.1) is 0 Å². The van der Waals surface area contributed by atoms with Crippen molar-refractivity contribution < 1.29 is 5.21 Å². The first-order valence-corrected chi connectivity index (χ1v) is 6.94. The molecule has 0 heterocycles. The summed E-state index contributed by atoms with van der Waals surface area (Å²) >= 11 is 0. The molecule has 0 saturated carbocycles. The van der Waals surface area contributed by atoms with Gasteiger partial charge in [-0.1, -0.05) is 46.2 Å². The maximum Gasteiger partial charge on any atom is 0.144 e. The highest BCUT2D eigenvalue weighted by atomic mass is 16.4. The standard InChI is InChI=1S/C14H31N3O/c1-6-13(2,3)11-16-10-8-7-9-14(4,5)12(15)17-18/h16,18H,6-11H2,1-5H3,(H2,15,17). The van der Waals surface area contributed by atoms with Crippen molar-refractivity contribution >= 4 is 5.84 Å². The number of nitrogens with one attached hydrogen (secondary N) is 1. The van der Waals surface area contributed by atoms with E-state index in [-0.39, 0.29) is 5.41 Å². The second-order valence-corrected chi connectivity index (χ2v) is 6.52. The molecular weight excluding hydrogens is 226 g/mol. The van der Waals surface area contributed by atoms with Crippen LogP contribution in [0.5, 0.6) is 0 Å². The first kappa shape index (κ1) is 17.2. The van der Waals surface area contributed by atoms with Crippen LogP contribution in [0.3, 0.4) is 0 Å². The molecule has 4 N–H and O–H groups in total. The summed E-state index contributed by atoms with van der Waals surface area (Å²) in [4.78, 5) is 0. The highest BCUT2D eigenvalue weighted by Gasteiger charge is 2.22. The van der Waals surface area contributed by atoms with Gasteiger partial charge in [-0.2, -0.15) is 0 Å². The first-order valence-electron chi connectivity index (χ1n) is 6.94. The van der Waals surface area contributed by atoms with Gasteiger partial charge in [-0.25, -0.2) is 0 Å². The maximum atomic E-state index is 8.68. The highest BCUT2D eigenvalue weighted by Crippen LogP contribution is 2.23. The normalized spacial score (nSPS) is 13.9. The monoisotopic (exact) mass is 257 g/mol. The molecule has 108 valence electrons. The lowest BCUT2D eigenvalue weighted by Crippen LogP contribution is -2.32. The average Bonchev–Trinajstić information content (AvgIpc) is 2.32. The summed E-state index contributed by atoms with van der Waals surface area (Å²) in [6, 6.07) is 0. The average molecular weight is 257 g/mol. The largest absolute Gasteiger partial charge is 0.409 e. The highest BCUT2D eigenvalue weighted by molar-refractivity contribution is 5.85. The zero-order valence-electron chi connectivity index (χ0n) is 12.7. The van der Waals surface area contributed by atoms with Gasteiger partial charge in [0.05, 0.1) is 0 Å². The van der Waals surface area contributed by atoms with E-state index in [1.807, 2.05) is 13.8 Å². The van der Waals surface area contributed by atoms with Crippen LogP contribution in [0, 0.1) is 10.8 Å². The molecule has 0 aromatic carbocycles. The van der Waals surface area contributed by atoms with Crippen molar-refractivity contribution in [1.82, 2.24) is 5.32 Å². The topological polar surface area (TPSA) is 70.6 Å². The summed E-state index contributed by atoms with van der Waals surface area (Å²) in [5.74, 6) is 0.322. The second-order valence-electron chi connectivity index (χ2n) is 6.52.